The number of halogens is 1. The molecule has 1 aromatic rings. The number of carbonyl (C=O) groups is 1. The lowest BCUT2D eigenvalue weighted by Gasteiger charge is -2.23. The van der Waals surface area contributed by atoms with E-state index in [-0.39, 0.29) is 18.3 Å². The summed E-state index contributed by atoms with van der Waals surface area (Å²) in [5.41, 5.74) is 1.73. The van der Waals surface area contributed by atoms with E-state index in [1.54, 1.807) is 12.1 Å². The summed E-state index contributed by atoms with van der Waals surface area (Å²) in [7, 11) is -3.43. The molecule has 0 bridgehead atoms. The molecule has 8 heteroatoms. The molecule has 2 aliphatic heterocycles. The van der Waals surface area contributed by atoms with Crippen LogP contribution < -0.4 is 10.0 Å². The number of nitrogens with zero attached hydrogens (tertiary/aromatic N) is 1. The summed E-state index contributed by atoms with van der Waals surface area (Å²) in [5, 5.41) is 3.43. The second-order valence-corrected chi connectivity index (χ2v) is 8.72. The molecule has 2 N–H and O–H groups in total. The number of hydrogen-bond acceptors (Lipinski definition) is 4. The smallest absolute Gasteiger partial charge is 0.255 e. The molecular weight excluding hydrogens is 362 g/mol. The zero-order valence-electron chi connectivity index (χ0n) is 14.6. The molecule has 2 saturated heterocycles. The van der Waals surface area contributed by atoms with Gasteiger partial charge in [0.15, 0.2) is 0 Å². The van der Waals surface area contributed by atoms with Crippen molar-refractivity contribution in [3.8, 4) is 0 Å². The number of nitrogens with one attached hydrogen (secondary N) is 2. The van der Waals surface area contributed by atoms with E-state index in [1.807, 2.05) is 17.9 Å². The Morgan fingerprint density at radius 3 is 2.36 bits per heavy atom. The first-order valence-electron chi connectivity index (χ1n) is 8.42. The summed E-state index contributed by atoms with van der Waals surface area (Å²) in [6.07, 6.45) is 3.11. The first-order valence-corrected chi connectivity index (χ1v) is 10.3. The standard InChI is InChI=1S/C17H25N3O3S.ClH/c1-12-3-4-16(19-24(2,22)23)15(9-12)17(21)20-7-5-13-10-18-11-14(13)6-8-20;/h3-4,9,13-14,18-19H,5-8,10-11H2,1-2H3;1H/t13-,14+;. The molecular formula is C17H26ClN3O3S. The van der Waals surface area contributed by atoms with Crippen LogP contribution in [0.4, 0.5) is 5.69 Å². The lowest BCUT2D eigenvalue weighted by atomic mass is 9.92. The average molecular weight is 388 g/mol. The lowest BCUT2D eigenvalue weighted by Crippen LogP contribution is -2.33. The van der Waals surface area contributed by atoms with Crippen molar-refractivity contribution < 1.29 is 13.2 Å². The van der Waals surface area contributed by atoms with Gasteiger partial charge in [-0.05, 0) is 56.8 Å². The van der Waals surface area contributed by atoms with E-state index in [1.165, 1.54) is 0 Å². The lowest BCUT2D eigenvalue weighted by molar-refractivity contribution is 0.0759. The number of sulfonamides is 1. The van der Waals surface area contributed by atoms with Crippen LogP contribution in [0.25, 0.3) is 0 Å². The molecule has 0 aliphatic carbocycles. The Morgan fingerprint density at radius 1 is 1.20 bits per heavy atom. The molecule has 0 saturated carbocycles. The molecule has 1 aromatic carbocycles. The van der Waals surface area contributed by atoms with Gasteiger partial charge < -0.3 is 10.2 Å². The van der Waals surface area contributed by atoms with E-state index in [9.17, 15) is 13.2 Å². The van der Waals surface area contributed by atoms with Crippen LogP contribution in [0.15, 0.2) is 18.2 Å². The van der Waals surface area contributed by atoms with Gasteiger partial charge in [-0.1, -0.05) is 11.6 Å². The van der Waals surface area contributed by atoms with E-state index < -0.39 is 10.0 Å². The third-order valence-electron chi connectivity index (χ3n) is 5.01. The Kier molecular flexibility index (Phi) is 6.35. The predicted octanol–water partition coefficient (Wildman–Crippen LogP) is 1.86. The fourth-order valence-electron chi connectivity index (χ4n) is 3.72. The van der Waals surface area contributed by atoms with Crippen molar-refractivity contribution in [2.75, 3.05) is 37.2 Å². The van der Waals surface area contributed by atoms with Crippen LogP contribution in [-0.4, -0.2) is 51.7 Å². The van der Waals surface area contributed by atoms with E-state index in [0.29, 0.717) is 23.1 Å². The van der Waals surface area contributed by atoms with Gasteiger partial charge in [-0.3, -0.25) is 9.52 Å². The molecule has 1 amide bonds. The van der Waals surface area contributed by atoms with E-state index in [2.05, 4.69) is 10.0 Å². The van der Waals surface area contributed by atoms with Crippen LogP contribution in [0.1, 0.15) is 28.8 Å². The number of likely N-dealkylation sites (tertiary alicyclic amines) is 1. The molecule has 0 aromatic heterocycles. The highest BCUT2D eigenvalue weighted by Gasteiger charge is 2.32. The summed E-state index contributed by atoms with van der Waals surface area (Å²) in [6.45, 7) is 5.44. The largest absolute Gasteiger partial charge is 0.339 e. The summed E-state index contributed by atoms with van der Waals surface area (Å²) >= 11 is 0. The highest BCUT2D eigenvalue weighted by atomic mass is 35.5. The Balaban J connectivity index is 0.00000225. The number of hydrogen-bond donors (Lipinski definition) is 2. The van der Waals surface area contributed by atoms with Gasteiger partial charge in [0.25, 0.3) is 5.91 Å². The Hall–Kier alpha value is -1.31. The quantitative estimate of drug-likeness (QED) is 0.829. The highest BCUT2D eigenvalue weighted by Crippen LogP contribution is 2.29. The van der Waals surface area contributed by atoms with Gasteiger partial charge in [0.1, 0.15) is 0 Å². The summed E-state index contributed by atoms with van der Waals surface area (Å²) in [5.74, 6) is 1.21. The van der Waals surface area contributed by atoms with Gasteiger partial charge >= 0.3 is 0 Å². The minimum absolute atomic E-state index is 0. The molecule has 0 spiro atoms. The van der Waals surface area contributed by atoms with E-state index >= 15 is 0 Å². The van der Waals surface area contributed by atoms with Crippen LogP contribution in [0.2, 0.25) is 0 Å². The average Bonchev–Trinajstić information content (AvgIpc) is 2.86. The van der Waals surface area contributed by atoms with Gasteiger partial charge in [0.05, 0.1) is 17.5 Å². The van der Waals surface area contributed by atoms with Gasteiger partial charge in [-0.2, -0.15) is 0 Å². The third kappa shape index (κ3) is 4.86. The van der Waals surface area contributed by atoms with E-state index in [0.717, 1.165) is 50.8 Å². The summed E-state index contributed by atoms with van der Waals surface area (Å²) < 4.78 is 25.6. The molecule has 25 heavy (non-hydrogen) atoms. The van der Waals surface area contributed by atoms with Gasteiger partial charge in [-0.15, -0.1) is 12.4 Å². The number of amides is 1. The molecule has 140 valence electrons. The maximum absolute atomic E-state index is 13.0. The van der Waals surface area contributed by atoms with Crippen LogP contribution in [0, 0.1) is 18.8 Å². The maximum atomic E-state index is 13.0. The molecule has 6 nitrogen and oxygen atoms in total. The topological polar surface area (TPSA) is 78.5 Å². The minimum atomic E-state index is -3.43. The zero-order valence-corrected chi connectivity index (χ0v) is 16.3. The molecule has 2 fully saturated rings. The fraction of sp³-hybridized carbons (Fsp3) is 0.588. The molecule has 2 aliphatic rings. The highest BCUT2D eigenvalue weighted by molar-refractivity contribution is 7.92. The third-order valence-corrected chi connectivity index (χ3v) is 5.60. The summed E-state index contributed by atoms with van der Waals surface area (Å²) in [6, 6.07) is 5.24. The van der Waals surface area contributed by atoms with Gasteiger partial charge in [-0.25, -0.2) is 8.42 Å². The van der Waals surface area contributed by atoms with Crippen molar-refractivity contribution in [1.29, 1.82) is 0 Å². The Morgan fingerprint density at radius 2 is 1.80 bits per heavy atom. The van der Waals surface area contributed by atoms with Crippen molar-refractivity contribution in [3.63, 3.8) is 0 Å². The maximum Gasteiger partial charge on any atom is 0.255 e. The predicted molar refractivity (Wildman–Crippen MR) is 102 cm³/mol. The summed E-state index contributed by atoms with van der Waals surface area (Å²) in [4.78, 5) is 14.9. The normalized spacial score (nSPS) is 23.4. The van der Waals surface area contributed by atoms with Crippen molar-refractivity contribution in [2.24, 2.45) is 11.8 Å². The Bertz CT molecular complexity index is 725. The molecule has 0 unspecified atom stereocenters. The van der Waals surface area contributed by atoms with Crippen LogP contribution >= 0.6 is 12.4 Å². The second-order valence-electron chi connectivity index (χ2n) is 6.97. The van der Waals surface area contributed by atoms with Gasteiger partial charge in [0.2, 0.25) is 10.0 Å². The molecule has 3 rings (SSSR count). The number of carbonyl (C=O) groups excluding carboxylic acids is 1. The van der Waals surface area contributed by atoms with Crippen molar-refractivity contribution in [2.45, 2.75) is 19.8 Å². The van der Waals surface area contributed by atoms with Crippen LogP contribution in [0.5, 0.6) is 0 Å². The van der Waals surface area contributed by atoms with E-state index in [4.69, 9.17) is 0 Å². The monoisotopic (exact) mass is 387 g/mol. The fourth-order valence-corrected chi connectivity index (χ4v) is 4.29. The first-order chi connectivity index (χ1) is 11.3. The number of benzene rings is 1. The SMILES string of the molecule is Cc1ccc(NS(C)(=O)=O)c(C(=O)N2CC[C@@H]3CNC[C@@H]3CC2)c1.Cl. The Labute approximate surface area is 155 Å². The van der Waals surface area contributed by atoms with Crippen molar-refractivity contribution >= 4 is 34.0 Å². The van der Waals surface area contributed by atoms with Crippen molar-refractivity contribution in [1.82, 2.24) is 10.2 Å². The first kappa shape index (κ1) is 20.0. The second kappa shape index (κ2) is 7.93. The van der Waals surface area contributed by atoms with Crippen molar-refractivity contribution in [3.05, 3.63) is 29.3 Å². The zero-order chi connectivity index (χ0) is 17.3. The number of rotatable bonds is 3. The van der Waals surface area contributed by atoms with Gasteiger partial charge in [0, 0.05) is 13.1 Å². The van der Waals surface area contributed by atoms with Crippen LogP contribution in [0.3, 0.4) is 0 Å². The molecule has 2 atom stereocenters. The molecule has 2 heterocycles. The van der Waals surface area contributed by atoms with Crippen LogP contribution in [-0.2, 0) is 10.0 Å². The number of anilines is 1. The number of fused-ring (bicyclic) bond motifs is 1. The number of aryl methyl sites for hydroxylation is 1. The molecule has 0 radical (unpaired) electrons. The minimum Gasteiger partial charge on any atom is -0.339 e.